The van der Waals surface area contributed by atoms with Gasteiger partial charge in [-0.3, -0.25) is 0 Å². The average molecular weight is 412 g/mol. The smallest absolute Gasteiger partial charge is 0.0188 e. The first-order chi connectivity index (χ1) is 10.6. The van der Waals surface area contributed by atoms with E-state index < -0.39 is 0 Å². The van der Waals surface area contributed by atoms with Gasteiger partial charge in [-0.25, -0.2) is 0 Å². The molecule has 0 saturated carbocycles. The normalized spacial score (nSPS) is 22.7. The maximum absolute atomic E-state index is 3.72. The lowest BCUT2D eigenvalue weighted by atomic mass is 9.96. The fourth-order valence-corrected chi connectivity index (χ4v) is 4.75. The standard InChI is InChI=1S/C18H30N2S2.2ClH/c1-15-12-18(2,3)20-9-11-22-14-17-7-5-4-6-16(17)13-21-10-8-19-15;;/h4-7,15,19-20H,8-14H2,1-3H3;2*1H. The maximum atomic E-state index is 3.72. The number of nitrogens with one attached hydrogen (secondary N) is 2. The van der Waals surface area contributed by atoms with E-state index in [4.69, 9.17) is 0 Å². The van der Waals surface area contributed by atoms with Crippen LogP contribution in [0.1, 0.15) is 38.3 Å². The number of benzene rings is 1. The third-order valence-corrected chi connectivity index (χ3v) is 6.06. The van der Waals surface area contributed by atoms with Crippen molar-refractivity contribution in [1.29, 1.82) is 0 Å². The van der Waals surface area contributed by atoms with Crippen molar-refractivity contribution in [3.63, 3.8) is 0 Å². The summed E-state index contributed by atoms with van der Waals surface area (Å²) in [5.74, 6) is 4.62. The molecular weight excluding hydrogens is 379 g/mol. The highest BCUT2D eigenvalue weighted by Crippen LogP contribution is 2.21. The van der Waals surface area contributed by atoms with Crippen LogP contribution < -0.4 is 10.6 Å². The maximum Gasteiger partial charge on any atom is 0.0188 e. The van der Waals surface area contributed by atoms with Gasteiger partial charge in [0.2, 0.25) is 0 Å². The highest BCUT2D eigenvalue weighted by Gasteiger charge is 2.20. The van der Waals surface area contributed by atoms with Crippen LogP contribution in [-0.2, 0) is 11.5 Å². The first kappa shape index (κ1) is 24.4. The molecule has 0 saturated heterocycles. The molecule has 6 heteroatoms. The largest absolute Gasteiger partial charge is 0.313 e. The minimum atomic E-state index is 0. The molecule has 0 fully saturated rings. The van der Waals surface area contributed by atoms with Gasteiger partial charge in [-0.1, -0.05) is 24.3 Å². The minimum Gasteiger partial charge on any atom is -0.313 e. The summed E-state index contributed by atoms with van der Waals surface area (Å²) in [6.07, 6.45) is 1.17. The quantitative estimate of drug-likeness (QED) is 0.644. The third kappa shape index (κ3) is 9.21. The second-order valence-corrected chi connectivity index (χ2v) is 8.95. The zero-order chi connectivity index (χ0) is 15.8. The van der Waals surface area contributed by atoms with Crippen molar-refractivity contribution in [3.8, 4) is 0 Å². The molecule has 0 amide bonds. The summed E-state index contributed by atoms with van der Waals surface area (Å²) in [4.78, 5) is 0. The molecule has 1 aromatic rings. The van der Waals surface area contributed by atoms with E-state index in [1.807, 2.05) is 23.5 Å². The Bertz CT molecular complexity index is 458. The molecule has 2 N–H and O–H groups in total. The summed E-state index contributed by atoms with van der Waals surface area (Å²) >= 11 is 4.08. The molecule has 0 aliphatic carbocycles. The molecule has 0 radical (unpaired) electrons. The second-order valence-electron chi connectivity index (χ2n) is 6.74. The fourth-order valence-electron chi connectivity index (χ4n) is 2.95. The summed E-state index contributed by atoms with van der Waals surface area (Å²) in [5.41, 5.74) is 3.23. The Labute approximate surface area is 168 Å². The number of fused-ring (bicyclic) bond motifs is 1. The van der Waals surface area contributed by atoms with Crippen molar-refractivity contribution < 1.29 is 0 Å². The van der Waals surface area contributed by atoms with Crippen LogP contribution in [0.3, 0.4) is 0 Å². The van der Waals surface area contributed by atoms with Crippen molar-refractivity contribution in [3.05, 3.63) is 35.4 Å². The highest BCUT2D eigenvalue weighted by atomic mass is 35.5. The molecule has 0 bridgehead atoms. The van der Waals surface area contributed by atoms with E-state index >= 15 is 0 Å². The average Bonchev–Trinajstić information content (AvgIpc) is 2.47. The monoisotopic (exact) mass is 410 g/mol. The van der Waals surface area contributed by atoms with Gasteiger partial charge in [-0.15, -0.1) is 24.8 Å². The van der Waals surface area contributed by atoms with Gasteiger partial charge in [0.25, 0.3) is 0 Å². The fraction of sp³-hybridized carbons (Fsp3) is 0.667. The predicted molar refractivity (Wildman–Crippen MR) is 117 cm³/mol. The summed E-state index contributed by atoms with van der Waals surface area (Å²) in [6, 6.07) is 9.48. The minimum absolute atomic E-state index is 0. The number of halogens is 2. The van der Waals surface area contributed by atoms with Gasteiger partial charge < -0.3 is 10.6 Å². The molecule has 1 aromatic carbocycles. The van der Waals surface area contributed by atoms with E-state index in [9.17, 15) is 0 Å². The molecule has 0 spiro atoms. The predicted octanol–water partition coefficient (Wildman–Crippen LogP) is 4.75. The molecule has 1 unspecified atom stereocenters. The highest BCUT2D eigenvalue weighted by molar-refractivity contribution is 7.98. The molecule has 24 heavy (non-hydrogen) atoms. The van der Waals surface area contributed by atoms with Gasteiger partial charge in [0, 0.05) is 47.7 Å². The first-order valence-corrected chi connectivity index (χ1v) is 10.6. The Kier molecular flexibility index (Phi) is 12.9. The molecular formula is C18H32Cl2N2S2. The number of hydrogen-bond donors (Lipinski definition) is 2. The van der Waals surface area contributed by atoms with E-state index in [1.54, 1.807) is 0 Å². The van der Waals surface area contributed by atoms with Crippen molar-refractivity contribution in [2.75, 3.05) is 24.6 Å². The van der Waals surface area contributed by atoms with Gasteiger partial charge in [-0.2, -0.15) is 23.5 Å². The Morgan fingerprint density at radius 2 is 1.50 bits per heavy atom. The summed E-state index contributed by atoms with van der Waals surface area (Å²) in [7, 11) is 0. The van der Waals surface area contributed by atoms with E-state index in [-0.39, 0.29) is 30.4 Å². The molecule has 1 aliphatic heterocycles. The van der Waals surface area contributed by atoms with E-state index in [1.165, 1.54) is 29.1 Å². The van der Waals surface area contributed by atoms with Crippen LogP contribution in [0, 0.1) is 0 Å². The van der Waals surface area contributed by atoms with Crippen LogP contribution in [0.15, 0.2) is 24.3 Å². The molecule has 1 aliphatic rings. The number of hydrogen-bond acceptors (Lipinski definition) is 4. The lowest BCUT2D eigenvalue weighted by Crippen LogP contribution is -2.45. The van der Waals surface area contributed by atoms with E-state index in [0.29, 0.717) is 6.04 Å². The van der Waals surface area contributed by atoms with Crippen LogP contribution in [0.5, 0.6) is 0 Å². The van der Waals surface area contributed by atoms with Gasteiger partial charge in [0.1, 0.15) is 0 Å². The van der Waals surface area contributed by atoms with Crippen LogP contribution in [0.4, 0.5) is 0 Å². The van der Waals surface area contributed by atoms with Crippen LogP contribution in [0.25, 0.3) is 0 Å². The topological polar surface area (TPSA) is 24.1 Å². The Balaban J connectivity index is 0.00000264. The number of thioether (sulfide) groups is 2. The molecule has 2 rings (SSSR count). The van der Waals surface area contributed by atoms with E-state index in [0.717, 1.165) is 24.6 Å². The SMILES string of the molecule is CC1CC(C)(C)NCCSCc2ccccc2CSCCN1.Cl.Cl. The Hall–Kier alpha value is 0.420. The molecule has 1 heterocycles. The first-order valence-electron chi connectivity index (χ1n) is 8.27. The second kappa shape index (κ2) is 12.7. The van der Waals surface area contributed by atoms with Gasteiger partial charge in [0.15, 0.2) is 0 Å². The van der Waals surface area contributed by atoms with Crippen molar-refractivity contribution in [2.45, 2.75) is 50.3 Å². The van der Waals surface area contributed by atoms with Gasteiger partial charge in [0.05, 0.1) is 0 Å². The van der Waals surface area contributed by atoms with Crippen molar-refractivity contribution in [2.24, 2.45) is 0 Å². The van der Waals surface area contributed by atoms with Crippen LogP contribution in [0.2, 0.25) is 0 Å². The van der Waals surface area contributed by atoms with E-state index in [2.05, 4.69) is 55.7 Å². The number of rotatable bonds is 0. The zero-order valence-corrected chi connectivity index (χ0v) is 18.2. The lowest BCUT2D eigenvalue weighted by molar-refractivity contribution is 0.327. The zero-order valence-electron chi connectivity index (χ0n) is 15.0. The third-order valence-electron chi connectivity index (χ3n) is 4.04. The molecule has 0 aromatic heterocycles. The van der Waals surface area contributed by atoms with Crippen LogP contribution in [-0.4, -0.2) is 36.2 Å². The summed E-state index contributed by atoms with van der Waals surface area (Å²) < 4.78 is 0. The van der Waals surface area contributed by atoms with Crippen molar-refractivity contribution in [1.82, 2.24) is 10.6 Å². The van der Waals surface area contributed by atoms with Gasteiger partial charge >= 0.3 is 0 Å². The Morgan fingerprint density at radius 3 is 2.08 bits per heavy atom. The van der Waals surface area contributed by atoms with Crippen molar-refractivity contribution >= 4 is 48.3 Å². The Morgan fingerprint density at radius 1 is 0.958 bits per heavy atom. The molecule has 1 atom stereocenters. The summed E-state index contributed by atoms with van der Waals surface area (Å²) in [5, 5.41) is 7.38. The molecule has 140 valence electrons. The summed E-state index contributed by atoms with van der Waals surface area (Å²) in [6.45, 7) is 9.12. The van der Waals surface area contributed by atoms with Crippen LogP contribution >= 0.6 is 48.3 Å². The molecule has 2 nitrogen and oxygen atoms in total. The lowest BCUT2D eigenvalue weighted by Gasteiger charge is -2.30. The van der Waals surface area contributed by atoms with Gasteiger partial charge in [-0.05, 0) is 38.3 Å².